The van der Waals surface area contributed by atoms with Gasteiger partial charge in [-0.1, -0.05) is 12.8 Å². The zero-order valence-corrected chi connectivity index (χ0v) is 14.1. The van der Waals surface area contributed by atoms with Gasteiger partial charge in [-0.15, -0.1) is 0 Å². The van der Waals surface area contributed by atoms with Crippen molar-refractivity contribution in [2.45, 2.75) is 45.2 Å². The number of hydrogen-bond acceptors (Lipinski definition) is 5. The van der Waals surface area contributed by atoms with Gasteiger partial charge in [-0.05, 0) is 25.8 Å². The fourth-order valence-corrected chi connectivity index (χ4v) is 3.28. The first-order valence-corrected chi connectivity index (χ1v) is 8.59. The molecule has 7 nitrogen and oxygen atoms in total. The number of aryl methyl sites for hydroxylation is 1. The molecule has 0 aromatic carbocycles. The van der Waals surface area contributed by atoms with E-state index in [1.54, 1.807) is 24.7 Å². The maximum Gasteiger partial charge on any atom is 0.253 e. The predicted octanol–water partition coefficient (Wildman–Crippen LogP) is 2.57. The summed E-state index contributed by atoms with van der Waals surface area (Å²) in [5.41, 5.74) is 3.69. The van der Waals surface area contributed by atoms with Crippen LogP contribution in [0.2, 0.25) is 0 Å². The Kier molecular flexibility index (Phi) is 4.13. The summed E-state index contributed by atoms with van der Waals surface area (Å²) < 4.78 is 2.14. The van der Waals surface area contributed by atoms with Gasteiger partial charge in [-0.3, -0.25) is 14.8 Å². The highest BCUT2D eigenvalue weighted by Gasteiger charge is 2.20. The van der Waals surface area contributed by atoms with Gasteiger partial charge < -0.3 is 9.88 Å². The molecule has 0 radical (unpaired) electrons. The average molecular weight is 336 g/mol. The lowest BCUT2D eigenvalue weighted by atomic mass is 10.2. The molecule has 1 aliphatic carbocycles. The van der Waals surface area contributed by atoms with Crippen LogP contribution < -0.4 is 5.32 Å². The molecule has 3 heterocycles. The van der Waals surface area contributed by atoms with Crippen molar-refractivity contribution >= 4 is 17.1 Å². The third-order valence-electron chi connectivity index (χ3n) is 4.66. The molecule has 3 aromatic rings. The second-order valence-electron chi connectivity index (χ2n) is 6.49. The van der Waals surface area contributed by atoms with E-state index in [0.717, 1.165) is 22.6 Å². The molecule has 1 saturated carbocycles. The smallest absolute Gasteiger partial charge is 0.253 e. The van der Waals surface area contributed by atoms with Crippen LogP contribution in [0.3, 0.4) is 0 Å². The van der Waals surface area contributed by atoms with Gasteiger partial charge in [0, 0.05) is 18.4 Å². The molecular formula is C18H20N6O. The van der Waals surface area contributed by atoms with Crippen molar-refractivity contribution in [2.24, 2.45) is 0 Å². The third-order valence-corrected chi connectivity index (χ3v) is 4.66. The highest BCUT2D eigenvalue weighted by atomic mass is 16.1. The van der Waals surface area contributed by atoms with E-state index in [2.05, 4.69) is 29.8 Å². The van der Waals surface area contributed by atoms with Crippen LogP contribution in [-0.2, 0) is 6.54 Å². The van der Waals surface area contributed by atoms with Crippen LogP contribution in [0.4, 0.5) is 0 Å². The lowest BCUT2D eigenvalue weighted by molar-refractivity contribution is 0.0950. The van der Waals surface area contributed by atoms with Crippen molar-refractivity contribution in [1.29, 1.82) is 0 Å². The first-order chi connectivity index (χ1) is 12.2. The minimum atomic E-state index is -0.188. The number of carbonyl (C=O) groups is 1. The number of pyridine rings is 1. The predicted molar refractivity (Wildman–Crippen MR) is 93.0 cm³/mol. The minimum Gasteiger partial charge on any atom is -0.346 e. The second kappa shape index (κ2) is 6.58. The molecule has 0 bridgehead atoms. The maximum atomic E-state index is 12.4. The van der Waals surface area contributed by atoms with Crippen LogP contribution in [0.1, 0.15) is 53.5 Å². The van der Waals surface area contributed by atoms with E-state index < -0.39 is 0 Å². The van der Waals surface area contributed by atoms with Crippen LogP contribution in [-0.4, -0.2) is 30.4 Å². The topological polar surface area (TPSA) is 85.6 Å². The Bertz CT molecular complexity index is 896. The number of imidazole rings is 1. The van der Waals surface area contributed by atoms with E-state index in [0.29, 0.717) is 18.2 Å². The van der Waals surface area contributed by atoms with Gasteiger partial charge in [0.25, 0.3) is 5.91 Å². The maximum absolute atomic E-state index is 12.4. The van der Waals surface area contributed by atoms with E-state index in [1.807, 2.05) is 13.3 Å². The van der Waals surface area contributed by atoms with E-state index in [-0.39, 0.29) is 5.91 Å². The van der Waals surface area contributed by atoms with Crippen LogP contribution >= 0.6 is 0 Å². The van der Waals surface area contributed by atoms with Crippen molar-refractivity contribution in [3.05, 3.63) is 47.9 Å². The summed E-state index contributed by atoms with van der Waals surface area (Å²) in [5.74, 6) is -0.188. The monoisotopic (exact) mass is 336 g/mol. The average Bonchev–Trinajstić information content (AvgIpc) is 3.29. The Morgan fingerprint density at radius 3 is 2.76 bits per heavy atom. The quantitative estimate of drug-likeness (QED) is 0.791. The lowest BCUT2D eigenvalue weighted by Gasteiger charge is -2.11. The molecule has 25 heavy (non-hydrogen) atoms. The molecule has 128 valence electrons. The molecule has 1 aliphatic rings. The number of nitrogens with zero attached hydrogens (tertiary/aromatic N) is 5. The molecule has 0 aliphatic heterocycles. The molecule has 4 rings (SSSR count). The number of nitrogens with one attached hydrogen (secondary N) is 1. The molecular weight excluding hydrogens is 316 g/mol. The Balaban J connectivity index is 1.49. The van der Waals surface area contributed by atoms with Crippen molar-refractivity contribution in [2.75, 3.05) is 0 Å². The molecule has 0 saturated heterocycles. The summed E-state index contributed by atoms with van der Waals surface area (Å²) in [4.78, 5) is 29.7. The summed E-state index contributed by atoms with van der Waals surface area (Å²) in [6.07, 6.45) is 11.7. The zero-order valence-electron chi connectivity index (χ0n) is 14.1. The van der Waals surface area contributed by atoms with Gasteiger partial charge >= 0.3 is 0 Å². The normalized spacial score (nSPS) is 14.9. The SMILES string of the molecule is Cc1cnc(CNC(=O)c2cnc3c(c2)ncn3C2CCCC2)cn1. The van der Waals surface area contributed by atoms with Gasteiger partial charge in [-0.25, -0.2) is 9.97 Å². The van der Waals surface area contributed by atoms with Crippen LogP contribution in [0.25, 0.3) is 11.2 Å². The summed E-state index contributed by atoms with van der Waals surface area (Å²) in [6.45, 7) is 2.21. The van der Waals surface area contributed by atoms with Crippen LogP contribution in [0.15, 0.2) is 31.0 Å². The van der Waals surface area contributed by atoms with Gasteiger partial charge in [0.2, 0.25) is 0 Å². The highest BCUT2D eigenvalue weighted by molar-refractivity contribution is 5.96. The standard InChI is InChI=1S/C18H20N6O/c1-12-7-20-14(9-19-12)10-22-18(25)13-6-16-17(21-8-13)24(11-23-16)15-4-2-3-5-15/h6-9,11,15H,2-5,10H2,1H3,(H,22,25). The Hall–Kier alpha value is -2.83. The molecule has 7 heteroatoms. The van der Waals surface area contributed by atoms with Gasteiger partial charge in [0.15, 0.2) is 5.65 Å². The molecule has 1 amide bonds. The number of aromatic nitrogens is 5. The molecule has 0 atom stereocenters. The van der Waals surface area contributed by atoms with Crippen LogP contribution in [0.5, 0.6) is 0 Å². The summed E-state index contributed by atoms with van der Waals surface area (Å²) in [6, 6.07) is 2.28. The Morgan fingerprint density at radius 2 is 2.00 bits per heavy atom. The highest BCUT2D eigenvalue weighted by Crippen LogP contribution is 2.31. The number of hydrogen-bond donors (Lipinski definition) is 1. The van der Waals surface area contributed by atoms with E-state index in [9.17, 15) is 4.79 Å². The number of rotatable bonds is 4. The van der Waals surface area contributed by atoms with Crippen LogP contribution in [0, 0.1) is 6.92 Å². The molecule has 0 spiro atoms. The zero-order chi connectivity index (χ0) is 17.2. The first kappa shape index (κ1) is 15.7. The van der Waals surface area contributed by atoms with Crippen molar-refractivity contribution < 1.29 is 4.79 Å². The summed E-state index contributed by atoms with van der Waals surface area (Å²) >= 11 is 0. The minimum absolute atomic E-state index is 0.188. The second-order valence-corrected chi connectivity index (χ2v) is 6.49. The Morgan fingerprint density at radius 1 is 1.16 bits per heavy atom. The molecule has 1 fully saturated rings. The van der Waals surface area contributed by atoms with Gasteiger partial charge in [-0.2, -0.15) is 0 Å². The van der Waals surface area contributed by atoms with Gasteiger partial charge in [0.05, 0.1) is 36.0 Å². The summed E-state index contributed by atoms with van der Waals surface area (Å²) in [5, 5.41) is 2.85. The summed E-state index contributed by atoms with van der Waals surface area (Å²) in [7, 11) is 0. The van der Waals surface area contributed by atoms with E-state index >= 15 is 0 Å². The van der Waals surface area contributed by atoms with Crippen molar-refractivity contribution in [1.82, 2.24) is 29.8 Å². The van der Waals surface area contributed by atoms with E-state index in [1.165, 1.54) is 25.7 Å². The van der Waals surface area contributed by atoms with Crippen molar-refractivity contribution in [3.8, 4) is 0 Å². The number of amides is 1. The third kappa shape index (κ3) is 3.22. The number of fused-ring (bicyclic) bond motifs is 1. The molecule has 3 aromatic heterocycles. The molecule has 1 N–H and O–H groups in total. The van der Waals surface area contributed by atoms with E-state index in [4.69, 9.17) is 0 Å². The first-order valence-electron chi connectivity index (χ1n) is 8.59. The fraction of sp³-hybridized carbons (Fsp3) is 0.389. The molecule has 0 unspecified atom stereocenters. The fourth-order valence-electron chi connectivity index (χ4n) is 3.28. The van der Waals surface area contributed by atoms with Crippen molar-refractivity contribution in [3.63, 3.8) is 0 Å². The lowest BCUT2D eigenvalue weighted by Crippen LogP contribution is -2.23. The Labute approximate surface area is 145 Å². The number of carbonyl (C=O) groups excluding carboxylic acids is 1. The van der Waals surface area contributed by atoms with Gasteiger partial charge in [0.1, 0.15) is 5.52 Å². The largest absolute Gasteiger partial charge is 0.346 e.